The molecule has 2 aliphatic rings. The molecule has 0 atom stereocenters. The van der Waals surface area contributed by atoms with E-state index in [0.717, 1.165) is 0 Å². The predicted molar refractivity (Wildman–Crippen MR) is 116 cm³/mol. The van der Waals surface area contributed by atoms with E-state index in [2.05, 4.69) is 103 Å². The summed E-state index contributed by atoms with van der Waals surface area (Å²) in [5, 5.41) is 0. The fraction of sp³-hybridized carbons (Fsp3) is 0.0400. The predicted octanol–water partition coefficient (Wildman–Crippen LogP) is 4.90. The number of fused-ring (bicyclic) bond motifs is 11. The molecule has 2 aliphatic heterocycles. The van der Waals surface area contributed by atoms with Gasteiger partial charge in [0, 0.05) is 22.5 Å². The van der Waals surface area contributed by atoms with Gasteiger partial charge in [0.25, 0.3) is 0 Å². The summed E-state index contributed by atoms with van der Waals surface area (Å²) in [5.74, 6) is 0. The van der Waals surface area contributed by atoms with Crippen LogP contribution in [-0.4, -0.2) is 6.85 Å². The molecule has 0 saturated carbocycles. The number of anilines is 2. The largest absolute Gasteiger partial charge is 0.376 e. The molecule has 0 spiro atoms. The minimum atomic E-state index is 0.211. The molecule has 0 fully saturated rings. The Kier molecular flexibility index (Phi) is 2.96. The quantitative estimate of drug-likeness (QED) is 0.411. The molecule has 126 valence electrons. The minimum absolute atomic E-state index is 0.211. The first-order valence-corrected chi connectivity index (χ1v) is 9.50. The Hall–Kier alpha value is -3.26. The lowest BCUT2D eigenvalue weighted by Gasteiger charge is -2.43. The topological polar surface area (TPSA) is 3.24 Å². The van der Waals surface area contributed by atoms with Crippen molar-refractivity contribution in [2.45, 2.75) is 6.92 Å². The van der Waals surface area contributed by atoms with E-state index >= 15 is 0 Å². The van der Waals surface area contributed by atoms with Crippen molar-refractivity contribution in [3.63, 3.8) is 0 Å². The Morgan fingerprint density at radius 1 is 0.556 bits per heavy atom. The van der Waals surface area contributed by atoms with Gasteiger partial charge in [-0.05, 0) is 47.2 Å². The average Bonchev–Trinajstić information content (AvgIpc) is 2.73. The average molecular weight is 343 g/mol. The lowest BCUT2D eigenvalue weighted by molar-refractivity contribution is 1.33. The van der Waals surface area contributed by atoms with Crippen LogP contribution in [0.2, 0.25) is 0 Å². The minimum Gasteiger partial charge on any atom is -0.376 e. The highest BCUT2D eigenvalue weighted by atomic mass is 15.1. The van der Waals surface area contributed by atoms with Crippen molar-refractivity contribution in [3.8, 4) is 22.3 Å². The monoisotopic (exact) mass is 343 g/mol. The van der Waals surface area contributed by atoms with Crippen LogP contribution in [0.5, 0.6) is 0 Å². The van der Waals surface area contributed by atoms with Gasteiger partial charge in [-0.25, -0.2) is 0 Å². The van der Waals surface area contributed by atoms with Gasteiger partial charge in [0.1, 0.15) is 0 Å². The van der Waals surface area contributed by atoms with E-state index in [1.165, 1.54) is 50.1 Å². The van der Waals surface area contributed by atoms with E-state index in [4.69, 9.17) is 0 Å². The summed E-state index contributed by atoms with van der Waals surface area (Å²) in [4.78, 5) is 2.54. The highest BCUT2D eigenvalue weighted by Crippen LogP contribution is 2.45. The fourth-order valence-corrected chi connectivity index (χ4v) is 4.80. The lowest BCUT2D eigenvalue weighted by Crippen LogP contribution is -2.59. The third-order valence-corrected chi connectivity index (χ3v) is 5.92. The summed E-state index contributed by atoms with van der Waals surface area (Å²) in [7, 11) is 0. The van der Waals surface area contributed by atoms with Crippen molar-refractivity contribution in [2.75, 3.05) is 4.81 Å². The second-order valence-electron chi connectivity index (χ2n) is 7.48. The van der Waals surface area contributed by atoms with Crippen molar-refractivity contribution in [3.05, 3.63) is 96.6 Å². The van der Waals surface area contributed by atoms with Crippen LogP contribution >= 0.6 is 0 Å². The van der Waals surface area contributed by atoms with Crippen LogP contribution in [0.3, 0.4) is 0 Å². The molecule has 0 aromatic heterocycles. The van der Waals surface area contributed by atoms with Crippen LogP contribution in [0.4, 0.5) is 11.4 Å². The molecule has 2 heteroatoms. The lowest BCUT2D eigenvalue weighted by atomic mass is 9.43. The molecular formula is C25H18BN. The highest BCUT2D eigenvalue weighted by molar-refractivity contribution is 6.92. The first kappa shape index (κ1) is 14.9. The molecule has 0 unspecified atom stereocenters. The Bertz CT molecular complexity index is 1210. The van der Waals surface area contributed by atoms with Crippen molar-refractivity contribution in [1.82, 2.24) is 0 Å². The first-order chi connectivity index (χ1) is 13.3. The molecule has 4 aromatic rings. The molecule has 1 nitrogen and oxygen atoms in total. The number of rotatable bonds is 0. The van der Waals surface area contributed by atoms with Crippen LogP contribution in [0, 0.1) is 6.92 Å². The number of aryl methyl sites for hydroxylation is 1. The van der Waals surface area contributed by atoms with Gasteiger partial charge in [-0.1, -0.05) is 78.4 Å². The maximum atomic E-state index is 2.54. The summed E-state index contributed by atoms with van der Waals surface area (Å²) < 4.78 is 0. The van der Waals surface area contributed by atoms with Gasteiger partial charge in [-0.2, -0.15) is 0 Å². The smallest absolute Gasteiger partial charge is 0.329 e. The van der Waals surface area contributed by atoms with Crippen LogP contribution in [-0.2, 0) is 0 Å². The van der Waals surface area contributed by atoms with Gasteiger partial charge in [0.2, 0.25) is 0 Å². The van der Waals surface area contributed by atoms with E-state index in [1.807, 2.05) is 0 Å². The zero-order valence-corrected chi connectivity index (χ0v) is 15.2. The Labute approximate surface area is 160 Å². The molecule has 0 amide bonds. The second-order valence-corrected chi connectivity index (χ2v) is 7.48. The molecule has 0 aliphatic carbocycles. The third kappa shape index (κ3) is 1.96. The number of benzene rings is 4. The Balaban J connectivity index is 1.77. The van der Waals surface area contributed by atoms with E-state index in [-0.39, 0.29) is 6.85 Å². The van der Waals surface area contributed by atoms with Crippen LogP contribution < -0.4 is 15.7 Å². The van der Waals surface area contributed by atoms with Gasteiger partial charge in [0.15, 0.2) is 0 Å². The number of hydrogen-bond donors (Lipinski definition) is 0. The van der Waals surface area contributed by atoms with E-state index in [0.29, 0.717) is 0 Å². The Morgan fingerprint density at radius 3 is 1.85 bits per heavy atom. The molecule has 2 heterocycles. The van der Waals surface area contributed by atoms with Crippen LogP contribution in [0.25, 0.3) is 22.3 Å². The fourth-order valence-electron chi connectivity index (χ4n) is 4.80. The van der Waals surface area contributed by atoms with Gasteiger partial charge >= 0.3 is 6.85 Å². The maximum Gasteiger partial charge on any atom is 0.329 e. The molecule has 4 aromatic carbocycles. The zero-order chi connectivity index (χ0) is 18.0. The van der Waals surface area contributed by atoms with E-state index in [9.17, 15) is 0 Å². The normalized spacial score (nSPS) is 13.2. The Morgan fingerprint density at radius 2 is 1.11 bits per heavy atom. The molecule has 0 bridgehead atoms. The summed E-state index contributed by atoms with van der Waals surface area (Å²) in [6.07, 6.45) is 0. The number of para-hydroxylation sites is 1. The third-order valence-electron chi connectivity index (χ3n) is 5.92. The molecule has 0 N–H and O–H groups in total. The maximum absolute atomic E-state index is 2.54. The van der Waals surface area contributed by atoms with Crippen molar-refractivity contribution in [1.29, 1.82) is 0 Å². The van der Waals surface area contributed by atoms with Gasteiger partial charge in [0.05, 0.1) is 0 Å². The second kappa shape index (κ2) is 5.37. The summed E-state index contributed by atoms with van der Waals surface area (Å²) >= 11 is 0. The molecule has 0 radical (unpaired) electrons. The summed E-state index contributed by atoms with van der Waals surface area (Å²) in [6, 6.07) is 33.4. The molecule has 27 heavy (non-hydrogen) atoms. The van der Waals surface area contributed by atoms with Gasteiger partial charge in [-0.3, -0.25) is 0 Å². The molecule has 0 saturated heterocycles. The van der Waals surface area contributed by atoms with Crippen LogP contribution in [0.15, 0.2) is 91.0 Å². The SMILES string of the molecule is Cc1ccc2c(c1)-c1ccccc1B1c3ccccc3-c3ccccc3N12. The summed E-state index contributed by atoms with van der Waals surface area (Å²) in [5.41, 5.74) is 12.0. The molecular weight excluding hydrogens is 325 g/mol. The number of hydrogen-bond acceptors (Lipinski definition) is 1. The molecule has 6 rings (SSSR count). The standard InChI is InChI=1S/C25H18BN/c1-17-14-15-25-21(16-17)19-9-3-6-12-23(19)26-22-11-5-2-8-18(22)20-10-4-7-13-24(20)27(25)26/h2-16H,1H3. The number of nitrogens with zero attached hydrogens (tertiary/aromatic N) is 1. The van der Waals surface area contributed by atoms with E-state index < -0.39 is 0 Å². The first-order valence-electron chi connectivity index (χ1n) is 9.50. The van der Waals surface area contributed by atoms with Crippen molar-refractivity contribution in [2.24, 2.45) is 0 Å². The van der Waals surface area contributed by atoms with Crippen molar-refractivity contribution >= 4 is 29.1 Å². The van der Waals surface area contributed by atoms with Crippen molar-refractivity contribution < 1.29 is 0 Å². The van der Waals surface area contributed by atoms with Gasteiger partial charge < -0.3 is 4.81 Å². The highest BCUT2D eigenvalue weighted by Gasteiger charge is 2.41. The van der Waals surface area contributed by atoms with Gasteiger partial charge in [-0.15, -0.1) is 0 Å². The zero-order valence-electron chi connectivity index (χ0n) is 15.2. The summed E-state index contributed by atoms with van der Waals surface area (Å²) in [6.45, 7) is 2.39. The van der Waals surface area contributed by atoms with Crippen LogP contribution in [0.1, 0.15) is 5.56 Å². The van der Waals surface area contributed by atoms with E-state index in [1.54, 1.807) is 0 Å².